The molecule has 0 N–H and O–H groups in total. The molecule has 1 aliphatic heterocycles. The number of amides is 1. The second-order valence-electron chi connectivity index (χ2n) is 5.72. The Morgan fingerprint density at radius 1 is 0.880 bits per heavy atom. The number of ether oxygens (including phenoxy) is 1. The number of benzene rings is 2. The minimum absolute atomic E-state index is 0.466. The standard InChI is InChI=1S/C19H17NO5/c1-13(21)24-18-19(15-9-5-3-6-10-15,16-11-7-4-8-12-16)17(23)20(18)25-14(2)22/h3-12,18H,1-2H3. The van der Waals surface area contributed by atoms with E-state index in [1.807, 2.05) is 12.1 Å². The van der Waals surface area contributed by atoms with E-state index in [4.69, 9.17) is 9.57 Å². The predicted octanol–water partition coefficient (Wildman–Crippen LogP) is 2.18. The number of carbonyl (C=O) groups excluding carboxylic acids is 3. The van der Waals surface area contributed by atoms with Gasteiger partial charge in [-0.25, -0.2) is 0 Å². The van der Waals surface area contributed by atoms with Crippen molar-refractivity contribution in [2.45, 2.75) is 25.5 Å². The molecule has 0 bridgehead atoms. The third-order valence-electron chi connectivity index (χ3n) is 4.08. The maximum Gasteiger partial charge on any atom is 0.329 e. The van der Waals surface area contributed by atoms with E-state index >= 15 is 0 Å². The molecule has 2 aromatic rings. The average Bonchev–Trinajstić information content (AvgIpc) is 2.61. The first kappa shape index (κ1) is 16.7. The molecular formula is C19H17NO5. The van der Waals surface area contributed by atoms with Gasteiger partial charge in [0.1, 0.15) is 0 Å². The lowest BCUT2D eigenvalue weighted by Crippen LogP contribution is -2.73. The maximum atomic E-state index is 13.1. The SMILES string of the molecule is CC(=O)OC1N(OC(C)=O)C(=O)C1(c1ccccc1)c1ccccc1. The first-order valence-electron chi connectivity index (χ1n) is 7.78. The van der Waals surface area contributed by atoms with Gasteiger partial charge in [0.2, 0.25) is 6.23 Å². The summed E-state index contributed by atoms with van der Waals surface area (Å²) >= 11 is 0. The van der Waals surface area contributed by atoms with Crippen molar-refractivity contribution in [2.24, 2.45) is 0 Å². The lowest BCUT2D eigenvalue weighted by atomic mass is 9.67. The Balaban J connectivity index is 2.17. The zero-order valence-electron chi connectivity index (χ0n) is 13.8. The Labute approximate surface area is 144 Å². The highest BCUT2D eigenvalue weighted by Gasteiger charge is 2.67. The summed E-state index contributed by atoms with van der Waals surface area (Å²) in [6, 6.07) is 18.0. The second-order valence-corrected chi connectivity index (χ2v) is 5.72. The summed E-state index contributed by atoms with van der Waals surface area (Å²) in [7, 11) is 0. The predicted molar refractivity (Wildman–Crippen MR) is 87.8 cm³/mol. The second kappa shape index (κ2) is 6.39. The molecule has 0 aliphatic carbocycles. The van der Waals surface area contributed by atoms with Crippen LogP contribution >= 0.6 is 0 Å². The van der Waals surface area contributed by atoms with Gasteiger partial charge in [0.25, 0.3) is 5.91 Å². The molecule has 1 atom stereocenters. The fraction of sp³-hybridized carbons (Fsp3) is 0.211. The Kier molecular flexibility index (Phi) is 4.27. The quantitative estimate of drug-likeness (QED) is 0.631. The Bertz CT molecular complexity index is 764. The summed E-state index contributed by atoms with van der Waals surface area (Å²) in [6.45, 7) is 2.43. The molecule has 0 radical (unpaired) electrons. The minimum Gasteiger partial charge on any atom is -0.436 e. The van der Waals surface area contributed by atoms with Crippen molar-refractivity contribution >= 4 is 17.8 Å². The number of esters is 1. The van der Waals surface area contributed by atoms with Crippen LogP contribution in [-0.2, 0) is 29.4 Å². The van der Waals surface area contributed by atoms with Crippen LogP contribution in [0.2, 0.25) is 0 Å². The third-order valence-corrected chi connectivity index (χ3v) is 4.08. The van der Waals surface area contributed by atoms with Gasteiger partial charge in [0.05, 0.1) is 0 Å². The Morgan fingerprint density at radius 3 is 1.76 bits per heavy atom. The van der Waals surface area contributed by atoms with Gasteiger partial charge in [-0.3, -0.25) is 14.4 Å². The van der Waals surface area contributed by atoms with Crippen molar-refractivity contribution in [1.29, 1.82) is 0 Å². The molecule has 128 valence electrons. The van der Waals surface area contributed by atoms with Gasteiger partial charge in [0.15, 0.2) is 5.41 Å². The lowest BCUT2D eigenvalue weighted by Gasteiger charge is -2.52. The number of β-lactam (4-membered cyclic amide) rings is 1. The Hall–Kier alpha value is -3.15. The summed E-state index contributed by atoms with van der Waals surface area (Å²) in [5, 5.41) is 0.823. The van der Waals surface area contributed by atoms with Crippen LogP contribution in [-0.4, -0.2) is 29.1 Å². The van der Waals surface area contributed by atoms with Gasteiger partial charge < -0.3 is 9.57 Å². The molecule has 2 aromatic carbocycles. The normalized spacial score (nSPS) is 18.2. The molecule has 1 saturated heterocycles. The molecule has 6 heteroatoms. The summed E-state index contributed by atoms with van der Waals surface area (Å²) in [6.07, 6.45) is -1.08. The molecule has 0 spiro atoms. The van der Waals surface area contributed by atoms with Crippen LogP contribution in [0.5, 0.6) is 0 Å². The van der Waals surface area contributed by atoms with Crippen molar-refractivity contribution in [1.82, 2.24) is 5.06 Å². The Morgan fingerprint density at radius 2 is 1.36 bits per heavy atom. The number of hydrogen-bond donors (Lipinski definition) is 0. The monoisotopic (exact) mass is 339 g/mol. The number of rotatable bonds is 4. The van der Waals surface area contributed by atoms with E-state index in [2.05, 4.69) is 0 Å². The highest BCUT2D eigenvalue weighted by Crippen LogP contribution is 2.48. The maximum absolute atomic E-state index is 13.1. The molecule has 1 fully saturated rings. The average molecular weight is 339 g/mol. The molecule has 6 nitrogen and oxygen atoms in total. The smallest absolute Gasteiger partial charge is 0.329 e. The third kappa shape index (κ3) is 2.65. The summed E-state index contributed by atoms with van der Waals surface area (Å²) < 4.78 is 5.38. The zero-order chi connectivity index (χ0) is 18.0. The molecule has 1 amide bonds. The van der Waals surface area contributed by atoms with Gasteiger partial charge in [-0.15, -0.1) is 5.06 Å². The van der Waals surface area contributed by atoms with Gasteiger partial charge in [0, 0.05) is 13.8 Å². The zero-order valence-corrected chi connectivity index (χ0v) is 13.8. The number of hydroxylamine groups is 2. The van der Waals surface area contributed by atoms with Crippen LogP contribution in [0.1, 0.15) is 25.0 Å². The van der Waals surface area contributed by atoms with Crippen molar-refractivity contribution in [2.75, 3.05) is 0 Å². The van der Waals surface area contributed by atoms with Crippen LogP contribution in [0.4, 0.5) is 0 Å². The van der Waals surface area contributed by atoms with E-state index in [0.29, 0.717) is 11.1 Å². The molecule has 25 heavy (non-hydrogen) atoms. The highest BCUT2D eigenvalue weighted by atomic mass is 16.8. The molecule has 3 rings (SSSR count). The van der Waals surface area contributed by atoms with Crippen molar-refractivity contribution in [3.8, 4) is 0 Å². The first-order chi connectivity index (χ1) is 12.0. The fourth-order valence-corrected chi connectivity index (χ4v) is 3.12. The first-order valence-corrected chi connectivity index (χ1v) is 7.78. The van der Waals surface area contributed by atoms with E-state index in [9.17, 15) is 14.4 Å². The molecular weight excluding hydrogens is 322 g/mol. The van der Waals surface area contributed by atoms with Gasteiger partial charge in [-0.05, 0) is 11.1 Å². The van der Waals surface area contributed by atoms with E-state index in [-0.39, 0.29) is 0 Å². The molecule has 0 saturated carbocycles. The van der Waals surface area contributed by atoms with E-state index in [1.54, 1.807) is 48.5 Å². The van der Waals surface area contributed by atoms with Crippen LogP contribution in [0.15, 0.2) is 60.7 Å². The van der Waals surface area contributed by atoms with Crippen LogP contribution in [0.3, 0.4) is 0 Å². The summed E-state index contributed by atoms with van der Waals surface area (Å²) in [4.78, 5) is 41.0. The molecule has 1 heterocycles. The van der Waals surface area contributed by atoms with Crippen molar-refractivity contribution in [3.63, 3.8) is 0 Å². The molecule has 0 aromatic heterocycles. The van der Waals surface area contributed by atoms with Crippen molar-refractivity contribution < 1.29 is 24.0 Å². The number of nitrogens with zero attached hydrogens (tertiary/aromatic N) is 1. The van der Waals surface area contributed by atoms with Crippen LogP contribution in [0.25, 0.3) is 0 Å². The highest BCUT2D eigenvalue weighted by molar-refractivity contribution is 5.99. The van der Waals surface area contributed by atoms with Crippen molar-refractivity contribution in [3.05, 3.63) is 71.8 Å². The lowest BCUT2D eigenvalue weighted by molar-refractivity contribution is -0.280. The van der Waals surface area contributed by atoms with Gasteiger partial charge in [-0.1, -0.05) is 60.7 Å². The topological polar surface area (TPSA) is 72.9 Å². The van der Waals surface area contributed by atoms with Crippen LogP contribution in [0, 0.1) is 0 Å². The van der Waals surface area contributed by atoms with Gasteiger partial charge in [-0.2, -0.15) is 0 Å². The largest absolute Gasteiger partial charge is 0.436 e. The summed E-state index contributed by atoms with van der Waals surface area (Å²) in [5.74, 6) is -1.71. The minimum atomic E-state index is -1.26. The fourth-order valence-electron chi connectivity index (χ4n) is 3.12. The summed E-state index contributed by atoms with van der Waals surface area (Å²) in [5.41, 5.74) is 0.0469. The number of hydrogen-bond acceptors (Lipinski definition) is 5. The molecule has 1 unspecified atom stereocenters. The van der Waals surface area contributed by atoms with Gasteiger partial charge >= 0.3 is 11.9 Å². The van der Waals surface area contributed by atoms with E-state index in [1.165, 1.54) is 13.8 Å². The van der Waals surface area contributed by atoms with E-state index < -0.39 is 29.5 Å². The number of carbonyl (C=O) groups is 3. The van der Waals surface area contributed by atoms with Crippen LogP contribution < -0.4 is 0 Å². The molecule has 1 aliphatic rings. The van der Waals surface area contributed by atoms with E-state index in [0.717, 1.165) is 5.06 Å².